The topological polar surface area (TPSA) is 68.6 Å². The minimum Gasteiger partial charge on any atom is -0.488 e. The molecule has 0 atom stereocenters. The maximum atomic E-state index is 12.4. The number of ether oxygens (including phenoxy) is 1. The first-order valence-corrected chi connectivity index (χ1v) is 8.57. The van der Waals surface area contributed by atoms with Gasteiger partial charge in [0.2, 0.25) is 0 Å². The van der Waals surface area contributed by atoms with Gasteiger partial charge < -0.3 is 4.74 Å². The molecule has 3 aromatic rings. The van der Waals surface area contributed by atoms with Crippen molar-refractivity contribution < 1.29 is 14.3 Å². The van der Waals surface area contributed by atoms with Gasteiger partial charge in [-0.15, -0.1) is 0 Å². The van der Waals surface area contributed by atoms with Gasteiger partial charge in [0.05, 0.1) is 24.0 Å². The van der Waals surface area contributed by atoms with E-state index in [2.05, 4.69) is 9.98 Å². The van der Waals surface area contributed by atoms with Crippen molar-refractivity contribution in [1.82, 2.24) is 4.98 Å². The first-order valence-electron chi connectivity index (χ1n) is 8.57. The monoisotopic (exact) mass is 356 g/mol. The van der Waals surface area contributed by atoms with Crippen molar-refractivity contribution in [3.05, 3.63) is 89.7 Å². The van der Waals surface area contributed by atoms with Crippen LogP contribution in [0.5, 0.6) is 5.75 Å². The molecule has 0 N–H and O–H groups in total. The summed E-state index contributed by atoms with van der Waals surface area (Å²) in [5.41, 5.74) is 3.07. The molecule has 0 saturated carbocycles. The molecule has 2 aromatic carbocycles. The summed E-state index contributed by atoms with van der Waals surface area (Å²) in [7, 11) is 0. The normalized spacial score (nSPS) is 12.9. The summed E-state index contributed by atoms with van der Waals surface area (Å²) < 4.78 is 5.73. The minimum absolute atomic E-state index is 0.0183. The molecule has 1 aromatic heterocycles. The summed E-state index contributed by atoms with van der Waals surface area (Å²) in [6.45, 7) is 0.214. The largest absolute Gasteiger partial charge is 0.488 e. The molecular weight excluding hydrogens is 340 g/mol. The number of carbonyl (C=O) groups is 2. The van der Waals surface area contributed by atoms with Crippen LogP contribution in [0.4, 0.5) is 5.69 Å². The molecule has 27 heavy (non-hydrogen) atoms. The van der Waals surface area contributed by atoms with Crippen LogP contribution < -0.4 is 4.74 Å². The lowest BCUT2D eigenvalue weighted by Gasteiger charge is -2.14. The highest BCUT2D eigenvalue weighted by molar-refractivity contribution is 6.16. The first-order chi connectivity index (χ1) is 13.2. The number of fused-ring (bicyclic) bond motifs is 1. The number of hydrogen-bond donors (Lipinski definition) is 0. The zero-order valence-corrected chi connectivity index (χ0v) is 14.5. The van der Waals surface area contributed by atoms with E-state index in [0.717, 1.165) is 0 Å². The fourth-order valence-corrected chi connectivity index (χ4v) is 2.91. The van der Waals surface area contributed by atoms with Crippen LogP contribution >= 0.6 is 0 Å². The molecule has 0 fully saturated rings. The molecule has 1 aliphatic rings. The van der Waals surface area contributed by atoms with Crippen molar-refractivity contribution in [3.63, 3.8) is 0 Å². The third-order valence-corrected chi connectivity index (χ3v) is 4.30. The van der Waals surface area contributed by atoms with Gasteiger partial charge in [0.1, 0.15) is 12.4 Å². The van der Waals surface area contributed by atoms with Crippen molar-refractivity contribution in [2.75, 3.05) is 6.61 Å². The molecule has 2 heterocycles. The zero-order chi connectivity index (χ0) is 18.6. The van der Waals surface area contributed by atoms with Crippen LogP contribution in [0.15, 0.2) is 78.0 Å². The lowest BCUT2D eigenvalue weighted by atomic mass is 10.0. The van der Waals surface area contributed by atoms with Crippen LogP contribution in [0.1, 0.15) is 32.7 Å². The van der Waals surface area contributed by atoms with E-state index < -0.39 is 0 Å². The van der Waals surface area contributed by atoms with Gasteiger partial charge in [-0.1, -0.05) is 30.3 Å². The van der Waals surface area contributed by atoms with Crippen LogP contribution in [-0.2, 0) is 0 Å². The van der Waals surface area contributed by atoms with E-state index in [1.165, 1.54) is 0 Å². The molecule has 0 amide bonds. The molecule has 132 valence electrons. The van der Waals surface area contributed by atoms with E-state index in [4.69, 9.17) is 4.74 Å². The Kier molecular flexibility index (Phi) is 4.58. The van der Waals surface area contributed by atoms with Gasteiger partial charge >= 0.3 is 0 Å². The second kappa shape index (κ2) is 7.33. The molecule has 5 nitrogen and oxygen atoms in total. The Morgan fingerprint density at radius 2 is 1.70 bits per heavy atom. The SMILES string of the molecule is O=C(c1ccccc1)c1ccc(OCC2=Nc3cnccc3C(=O)C2)cc1. The number of hydrogen-bond acceptors (Lipinski definition) is 5. The first kappa shape index (κ1) is 16.8. The molecule has 4 rings (SSSR count). The van der Waals surface area contributed by atoms with Gasteiger partial charge in [-0.2, -0.15) is 0 Å². The number of Topliss-reactive ketones (excluding diaryl/α,β-unsaturated/α-hetero) is 1. The van der Waals surface area contributed by atoms with Crippen molar-refractivity contribution in [1.29, 1.82) is 0 Å². The Labute approximate surface area is 156 Å². The number of ketones is 2. The third-order valence-electron chi connectivity index (χ3n) is 4.30. The highest BCUT2D eigenvalue weighted by Gasteiger charge is 2.20. The van der Waals surface area contributed by atoms with Crippen molar-refractivity contribution >= 4 is 23.0 Å². The Hall–Kier alpha value is -3.60. The highest BCUT2D eigenvalue weighted by Crippen LogP contribution is 2.24. The van der Waals surface area contributed by atoms with Crippen LogP contribution in [0.2, 0.25) is 0 Å². The van der Waals surface area contributed by atoms with E-state index in [1.807, 2.05) is 18.2 Å². The van der Waals surface area contributed by atoms with Gasteiger partial charge in [-0.3, -0.25) is 19.6 Å². The number of carbonyl (C=O) groups excluding carboxylic acids is 2. The fraction of sp³-hybridized carbons (Fsp3) is 0.0909. The maximum Gasteiger partial charge on any atom is 0.193 e. The van der Waals surface area contributed by atoms with Crippen molar-refractivity contribution in [3.8, 4) is 5.75 Å². The summed E-state index contributed by atoms with van der Waals surface area (Å²) in [5.74, 6) is 0.602. The number of aromatic nitrogens is 1. The second-order valence-electron chi connectivity index (χ2n) is 6.18. The smallest absolute Gasteiger partial charge is 0.193 e. The molecule has 0 radical (unpaired) electrons. The summed E-state index contributed by atoms with van der Waals surface area (Å²) >= 11 is 0. The Morgan fingerprint density at radius 3 is 2.48 bits per heavy atom. The number of nitrogens with zero attached hydrogens (tertiary/aromatic N) is 2. The molecule has 1 aliphatic heterocycles. The van der Waals surface area contributed by atoms with Gasteiger partial charge in [0, 0.05) is 22.9 Å². The number of benzene rings is 2. The van der Waals surface area contributed by atoms with Crippen LogP contribution in [-0.4, -0.2) is 28.9 Å². The van der Waals surface area contributed by atoms with Crippen LogP contribution in [0.25, 0.3) is 0 Å². The van der Waals surface area contributed by atoms with Gasteiger partial charge in [0.25, 0.3) is 0 Å². The second-order valence-corrected chi connectivity index (χ2v) is 6.18. The fourth-order valence-electron chi connectivity index (χ4n) is 2.91. The van der Waals surface area contributed by atoms with Crippen molar-refractivity contribution in [2.24, 2.45) is 4.99 Å². The molecule has 0 bridgehead atoms. The number of aliphatic imine (C=N–C) groups is 1. The van der Waals surface area contributed by atoms with Crippen LogP contribution in [0, 0.1) is 0 Å². The Bertz CT molecular complexity index is 1020. The van der Waals surface area contributed by atoms with Gasteiger partial charge in [0.15, 0.2) is 11.6 Å². The average Bonchev–Trinajstić information content (AvgIpc) is 2.73. The summed E-state index contributed by atoms with van der Waals surface area (Å²) in [4.78, 5) is 33.0. The lowest BCUT2D eigenvalue weighted by Crippen LogP contribution is -2.19. The van der Waals surface area contributed by atoms with Gasteiger partial charge in [-0.05, 0) is 30.3 Å². The maximum absolute atomic E-state index is 12.4. The van der Waals surface area contributed by atoms with E-state index >= 15 is 0 Å². The predicted octanol–water partition coefficient (Wildman–Crippen LogP) is 4.05. The molecule has 0 spiro atoms. The number of rotatable bonds is 5. The minimum atomic E-state index is -0.0338. The Balaban J connectivity index is 1.43. The van der Waals surface area contributed by atoms with Crippen LogP contribution in [0.3, 0.4) is 0 Å². The molecule has 0 saturated heterocycles. The summed E-state index contributed by atoms with van der Waals surface area (Å²) in [5, 5.41) is 0. The Morgan fingerprint density at radius 1 is 0.963 bits per heavy atom. The van der Waals surface area contributed by atoms with Crippen molar-refractivity contribution in [2.45, 2.75) is 6.42 Å². The van der Waals surface area contributed by atoms with E-state index in [-0.39, 0.29) is 24.6 Å². The van der Waals surface area contributed by atoms with E-state index in [9.17, 15) is 9.59 Å². The number of pyridine rings is 1. The van der Waals surface area contributed by atoms with Gasteiger partial charge in [-0.25, -0.2) is 0 Å². The summed E-state index contributed by atoms with van der Waals surface area (Å²) in [6, 6.07) is 17.8. The molecule has 5 heteroatoms. The highest BCUT2D eigenvalue weighted by atomic mass is 16.5. The third kappa shape index (κ3) is 3.67. The molecule has 0 aliphatic carbocycles. The average molecular weight is 356 g/mol. The standard InChI is InChI=1S/C22H16N2O3/c25-21-12-17(24-20-13-23-11-10-19(20)21)14-27-18-8-6-16(7-9-18)22(26)15-4-2-1-3-5-15/h1-11,13H,12,14H2. The molecular formula is C22H16N2O3. The predicted molar refractivity (Wildman–Crippen MR) is 102 cm³/mol. The quantitative estimate of drug-likeness (QED) is 0.647. The van der Waals surface area contributed by atoms with E-state index in [0.29, 0.717) is 33.8 Å². The molecule has 0 unspecified atom stereocenters. The van der Waals surface area contributed by atoms with E-state index in [1.54, 1.807) is 54.9 Å². The zero-order valence-electron chi connectivity index (χ0n) is 14.5. The lowest BCUT2D eigenvalue weighted by molar-refractivity contribution is 0.0996. The summed E-state index contributed by atoms with van der Waals surface area (Å²) in [6.07, 6.45) is 3.41.